The molecule has 1 aromatic heterocycles. The normalized spacial score (nSPS) is 17.8. The molecule has 0 N–H and O–H groups in total. The predicted molar refractivity (Wildman–Crippen MR) is 99.0 cm³/mol. The molecule has 128 valence electrons. The first-order valence-corrected chi connectivity index (χ1v) is 9.03. The lowest BCUT2D eigenvalue weighted by Gasteiger charge is -2.35. The van der Waals surface area contributed by atoms with Crippen LogP contribution in [0.3, 0.4) is 0 Å². The van der Waals surface area contributed by atoms with Gasteiger partial charge < -0.3 is 9.80 Å². The van der Waals surface area contributed by atoms with Gasteiger partial charge >= 0.3 is 0 Å². The first kappa shape index (κ1) is 16.7. The van der Waals surface area contributed by atoms with E-state index < -0.39 is 0 Å². The topological polar surface area (TPSA) is 45.2 Å². The van der Waals surface area contributed by atoms with Crippen LogP contribution < -0.4 is 9.80 Å². The summed E-state index contributed by atoms with van der Waals surface area (Å²) in [6, 6.07) is 9.03. The molecule has 24 heavy (non-hydrogen) atoms. The van der Waals surface area contributed by atoms with Crippen molar-refractivity contribution in [2.45, 2.75) is 52.5 Å². The van der Waals surface area contributed by atoms with Gasteiger partial charge in [0.2, 0.25) is 5.95 Å². The summed E-state index contributed by atoms with van der Waals surface area (Å²) in [5.74, 6) is 1.64. The van der Waals surface area contributed by atoms with Gasteiger partial charge in [-0.3, -0.25) is 0 Å². The van der Waals surface area contributed by atoms with Crippen molar-refractivity contribution in [3.63, 3.8) is 0 Å². The highest BCUT2D eigenvalue weighted by Gasteiger charge is 2.24. The molecule has 0 aliphatic carbocycles. The van der Waals surface area contributed by atoms with Crippen molar-refractivity contribution >= 4 is 17.5 Å². The van der Waals surface area contributed by atoms with E-state index in [2.05, 4.69) is 65.0 Å². The zero-order valence-electron chi connectivity index (χ0n) is 14.9. The van der Waals surface area contributed by atoms with Gasteiger partial charge in [-0.2, -0.15) is 10.1 Å². The largest absolute Gasteiger partial charge is 0.336 e. The van der Waals surface area contributed by atoms with Crippen LogP contribution in [0.4, 0.5) is 17.5 Å². The molecule has 1 unspecified atom stereocenters. The van der Waals surface area contributed by atoms with E-state index in [0.29, 0.717) is 6.04 Å². The Morgan fingerprint density at radius 2 is 2.12 bits per heavy atom. The van der Waals surface area contributed by atoms with Crippen LogP contribution in [0, 0.1) is 6.92 Å². The van der Waals surface area contributed by atoms with Crippen molar-refractivity contribution in [2.24, 2.45) is 0 Å². The molecule has 1 aliphatic heterocycles. The van der Waals surface area contributed by atoms with E-state index in [9.17, 15) is 0 Å². The predicted octanol–water partition coefficient (Wildman–Crippen LogP) is 4.11. The van der Waals surface area contributed by atoms with Crippen molar-refractivity contribution in [1.82, 2.24) is 15.2 Å². The second kappa shape index (κ2) is 7.60. The third-order valence-corrected chi connectivity index (χ3v) is 4.80. The number of aromatic nitrogens is 3. The van der Waals surface area contributed by atoms with Gasteiger partial charge in [0.05, 0.1) is 6.20 Å². The van der Waals surface area contributed by atoms with E-state index in [-0.39, 0.29) is 0 Å². The van der Waals surface area contributed by atoms with Gasteiger partial charge in [-0.15, -0.1) is 5.10 Å². The van der Waals surface area contributed by atoms with Crippen LogP contribution in [0.1, 0.15) is 45.1 Å². The van der Waals surface area contributed by atoms with Crippen molar-refractivity contribution < 1.29 is 0 Å². The maximum Gasteiger partial charge on any atom is 0.247 e. The molecule has 3 rings (SSSR count). The molecule has 2 heterocycles. The first-order chi connectivity index (χ1) is 11.7. The molecule has 0 saturated carbocycles. The van der Waals surface area contributed by atoms with Crippen molar-refractivity contribution in [2.75, 3.05) is 22.9 Å². The molecule has 0 bridgehead atoms. The maximum atomic E-state index is 4.85. The number of rotatable bonds is 5. The molecule has 0 spiro atoms. The second-order valence-corrected chi connectivity index (χ2v) is 6.45. The zero-order valence-corrected chi connectivity index (χ0v) is 14.9. The monoisotopic (exact) mass is 325 g/mol. The third-order valence-electron chi connectivity index (χ3n) is 4.80. The number of benzene rings is 1. The van der Waals surface area contributed by atoms with Crippen LogP contribution >= 0.6 is 0 Å². The average molecular weight is 325 g/mol. The third kappa shape index (κ3) is 3.50. The van der Waals surface area contributed by atoms with Crippen LogP contribution in [-0.2, 0) is 0 Å². The highest BCUT2D eigenvalue weighted by Crippen LogP contribution is 2.27. The minimum Gasteiger partial charge on any atom is -0.336 e. The molecular formula is C19H27N5. The zero-order chi connectivity index (χ0) is 16.9. The Labute approximate surface area is 144 Å². The van der Waals surface area contributed by atoms with E-state index in [1.54, 1.807) is 6.20 Å². The molecule has 1 fully saturated rings. The summed E-state index contributed by atoms with van der Waals surface area (Å²) in [6.45, 7) is 8.37. The Morgan fingerprint density at radius 3 is 2.88 bits per heavy atom. The van der Waals surface area contributed by atoms with Crippen LogP contribution in [0.2, 0.25) is 0 Å². The summed E-state index contributed by atoms with van der Waals surface area (Å²) < 4.78 is 0. The fourth-order valence-electron chi connectivity index (χ4n) is 3.50. The van der Waals surface area contributed by atoms with E-state index in [1.165, 1.54) is 24.8 Å². The van der Waals surface area contributed by atoms with Crippen LogP contribution in [0.25, 0.3) is 0 Å². The van der Waals surface area contributed by atoms with Crippen LogP contribution in [0.5, 0.6) is 0 Å². The van der Waals surface area contributed by atoms with Gasteiger partial charge in [-0.25, -0.2) is 0 Å². The van der Waals surface area contributed by atoms with E-state index in [0.717, 1.165) is 37.0 Å². The minimum absolute atomic E-state index is 0.532. The molecule has 1 aromatic carbocycles. The SMILES string of the molecule is CCC1CCCCN1c1nncc(N(CC)c2cccc(C)c2)n1. The fourth-order valence-corrected chi connectivity index (χ4v) is 3.50. The quantitative estimate of drug-likeness (QED) is 0.828. The van der Waals surface area contributed by atoms with Gasteiger partial charge in [0.25, 0.3) is 0 Å². The lowest BCUT2D eigenvalue weighted by molar-refractivity contribution is 0.441. The molecule has 1 atom stereocenters. The Bertz CT molecular complexity index is 672. The Hall–Kier alpha value is -2.17. The fraction of sp³-hybridized carbons (Fsp3) is 0.526. The lowest BCUT2D eigenvalue weighted by Crippen LogP contribution is -2.40. The second-order valence-electron chi connectivity index (χ2n) is 6.45. The number of aryl methyl sites for hydroxylation is 1. The number of hydrogen-bond donors (Lipinski definition) is 0. The summed E-state index contributed by atoms with van der Waals surface area (Å²) >= 11 is 0. The van der Waals surface area contributed by atoms with Crippen LogP contribution in [-0.4, -0.2) is 34.3 Å². The van der Waals surface area contributed by atoms with E-state index >= 15 is 0 Å². The Kier molecular flexibility index (Phi) is 5.28. The highest BCUT2D eigenvalue weighted by molar-refractivity contribution is 5.60. The van der Waals surface area contributed by atoms with Crippen LogP contribution in [0.15, 0.2) is 30.5 Å². The van der Waals surface area contributed by atoms with E-state index in [1.807, 2.05) is 0 Å². The summed E-state index contributed by atoms with van der Waals surface area (Å²) in [4.78, 5) is 9.38. The summed E-state index contributed by atoms with van der Waals surface area (Å²) in [6.07, 6.45) is 6.62. The molecule has 1 aliphatic rings. The van der Waals surface area contributed by atoms with Crippen molar-refractivity contribution in [1.29, 1.82) is 0 Å². The molecular weight excluding hydrogens is 298 g/mol. The molecule has 0 amide bonds. The van der Waals surface area contributed by atoms with Crippen molar-refractivity contribution in [3.8, 4) is 0 Å². The van der Waals surface area contributed by atoms with Gasteiger partial charge in [0, 0.05) is 24.8 Å². The molecule has 5 heteroatoms. The Morgan fingerprint density at radius 1 is 1.25 bits per heavy atom. The van der Waals surface area contributed by atoms with Crippen molar-refractivity contribution in [3.05, 3.63) is 36.0 Å². The number of piperidine rings is 1. The molecule has 5 nitrogen and oxygen atoms in total. The van der Waals surface area contributed by atoms with Gasteiger partial charge in [0.1, 0.15) is 0 Å². The van der Waals surface area contributed by atoms with E-state index in [4.69, 9.17) is 4.98 Å². The summed E-state index contributed by atoms with van der Waals surface area (Å²) in [5.41, 5.74) is 2.39. The Balaban J connectivity index is 1.91. The first-order valence-electron chi connectivity index (χ1n) is 9.03. The van der Waals surface area contributed by atoms with Gasteiger partial charge in [-0.05, 0) is 57.2 Å². The highest BCUT2D eigenvalue weighted by atomic mass is 15.4. The number of hydrogen-bond acceptors (Lipinski definition) is 5. The smallest absolute Gasteiger partial charge is 0.247 e. The summed E-state index contributed by atoms with van der Waals surface area (Å²) in [7, 11) is 0. The van der Waals surface area contributed by atoms with Gasteiger partial charge in [-0.1, -0.05) is 19.1 Å². The standard InChI is InChI=1S/C19H27N5/c1-4-16-10-6-7-12-24(16)19-21-18(14-20-22-19)23(5-2)17-11-8-9-15(3)13-17/h8-9,11,13-14,16H,4-7,10,12H2,1-3H3. The summed E-state index contributed by atoms with van der Waals surface area (Å²) in [5, 5.41) is 8.58. The minimum atomic E-state index is 0.532. The maximum absolute atomic E-state index is 4.85. The molecule has 1 saturated heterocycles. The molecule has 2 aromatic rings. The average Bonchev–Trinajstić information content (AvgIpc) is 2.63. The molecule has 0 radical (unpaired) electrons. The lowest BCUT2D eigenvalue weighted by atomic mass is 10.0. The number of nitrogens with zero attached hydrogens (tertiary/aromatic N) is 5. The number of anilines is 3. The van der Waals surface area contributed by atoms with Gasteiger partial charge in [0.15, 0.2) is 5.82 Å².